The van der Waals surface area contributed by atoms with Crippen LogP contribution in [0.4, 0.5) is 0 Å². The Kier molecular flexibility index (Phi) is 5.18. The molecule has 0 aliphatic heterocycles. The molecule has 2 rings (SSSR count). The van der Waals surface area contributed by atoms with Crippen LogP contribution in [0.1, 0.15) is 0 Å². The number of rotatable bonds is 3. The second-order valence-corrected chi connectivity index (χ2v) is 7.39. The fraction of sp³-hybridized carbons (Fsp3) is 0. The maximum absolute atomic E-state index is 11.8. The van der Waals surface area contributed by atoms with Crippen molar-refractivity contribution in [2.24, 2.45) is 15.4 Å². The minimum Gasteiger partial charge on any atom is -0.282 e. The van der Waals surface area contributed by atoms with Crippen LogP contribution in [-0.2, 0) is 20.2 Å². The zero-order valence-electron chi connectivity index (χ0n) is 12.5. The molecule has 0 aromatic heterocycles. The normalized spacial score (nSPS) is 19.1. The second kappa shape index (κ2) is 7.01. The lowest BCUT2D eigenvalue weighted by atomic mass is 9.98. The van der Waals surface area contributed by atoms with Crippen LogP contribution in [0.25, 0.3) is 5.08 Å². The summed E-state index contributed by atoms with van der Waals surface area (Å²) in [6, 6.07) is 0. The molecule has 0 atom stereocenters. The van der Waals surface area contributed by atoms with E-state index in [1.54, 1.807) is 0 Å². The van der Waals surface area contributed by atoms with E-state index in [9.17, 15) is 25.9 Å². The van der Waals surface area contributed by atoms with Gasteiger partial charge >= 0.3 is 5.08 Å². The molecule has 0 saturated carbocycles. The number of diazo groups is 1. The van der Waals surface area contributed by atoms with Gasteiger partial charge in [0.2, 0.25) is 0 Å². The third-order valence-corrected chi connectivity index (χ3v) is 5.10. The van der Waals surface area contributed by atoms with Gasteiger partial charge in [-0.3, -0.25) is 9.11 Å². The smallest absolute Gasteiger partial charge is 0.282 e. The van der Waals surface area contributed by atoms with Gasteiger partial charge in [-0.2, -0.15) is 22.4 Å². The van der Waals surface area contributed by atoms with E-state index in [1.165, 1.54) is 24.3 Å². The predicted molar refractivity (Wildman–Crippen MR) is 89.7 cm³/mol. The molecule has 12 nitrogen and oxygen atoms in total. The quantitative estimate of drug-likeness (QED) is 0.277. The van der Waals surface area contributed by atoms with E-state index in [-0.39, 0.29) is 16.9 Å². The summed E-state index contributed by atoms with van der Waals surface area (Å²) >= 11 is 0. The van der Waals surface area contributed by atoms with Gasteiger partial charge in [-0.15, -0.1) is 5.10 Å². The van der Waals surface area contributed by atoms with E-state index < -0.39 is 35.8 Å². The van der Waals surface area contributed by atoms with Crippen molar-refractivity contribution in [2.75, 3.05) is 0 Å². The molecule has 2 aliphatic rings. The lowest BCUT2D eigenvalue weighted by molar-refractivity contribution is 0.485. The third-order valence-electron chi connectivity index (χ3n) is 3.10. The summed E-state index contributed by atoms with van der Waals surface area (Å²) in [4.78, 5) is -2.38. The molecule has 0 amide bonds. The molecule has 0 heterocycles. The van der Waals surface area contributed by atoms with Gasteiger partial charge in [-0.25, -0.2) is 0 Å². The van der Waals surface area contributed by atoms with Crippen molar-refractivity contribution >= 4 is 31.7 Å². The molecule has 0 aromatic rings. The third kappa shape index (κ3) is 3.92. The Labute approximate surface area is 146 Å². The molecule has 0 saturated heterocycles. The van der Waals surface area contributed by atoms with E-state index >= 15 is 0 Å². The monoisotopic (exact) mass is 397 g/mol. The largest absolute Gasteiger partial charge is 0.339 e. The minimum absolute atomic E-state index is 0.138. The lowest BCUT2D eigenvalue weighted by Crippen LogP contribution is -2.22. The van der Waals surface area contributed by atoms with Crippen molar-refractivity contribution in [2.45, 2.75) is 0 Å². The molecule has 26 heavy (non-hydrogen) atoms. The zero-order valence-corrected chi connectivity index (χ0v) is 14.2. The summed E-state index contributed by atoms with van der Waals surface area (Å²) in [7, 11) is -10.3. The average Bonchev–Trinajstić information content (AvgIpc) is 2.54. The lowest BCUT2D eigenvalue weighted by Gasteiger charge is -2.17. The fourth-order valence-corrected chi connectivity index (χ4v) is 4.33. The SMILES string of the molecule is N#[N+]N=C1C=CC(=C2C=CC(=NN=N)C=C2)C(S(=O)(=O)O)=C1S(=O)(=O)O. The number of nitrogens with one attached hydrogen (secondary N) is 1. The Balaban J connectivity index is 2.88. The van der Waals surface area contributed by atoms with Crippen LogP contribution in [0.3, 0.4) is 0 Å². The van der Waals surface area contributed by atoms with Gasteiger partial charge < -0.3 is 0 Å². The Bertz CT molecular complexity index is 1120. The van der Waals surface area contributed by atoms with Crippen LogP contribution < -0.4 is 0 Å². The number of hydrogen-bond donors (Lipinski definition) is 3. The molecular formula is C12H9N6O6S2+. The Hall–Kier alpha value is -3.12. The first-order chi connectivity index (χ1) is 12.1. The topological polar surface area (TPSA) is 198 Å². The highest BCUT2D eigenvalue weighted by Gasteiger charge is 2.37. The molecule has 0 aromatic carbocycles. The van der Waals surface area contributed by atoms with Crippen molar-refractivity contribution in [3.05, 3.63) is 62.5 Å². The first-order valence-corrected chi connectivity index (χ1v) is 9.32. The van der Waals surface area contributed by atoms with Crippen LogP contribution in [0, 0.1) is 10.9 Å². The van der Waals surface area contributed by atoms with Crippen LogP contribution in [0.15, 0.2) is 72.8 Å². The first-order valence-electron chi connectivity index (χ1n) is 6.44. The zero-order chi connectivity index (χ0) is 19.5. The second-order valence-electron chi connectivity index (χ2n) is 4.68. The molecular weight excluding hydrogens is 388 g/mol. The molecule has 3 N–H and O–H groups in total. The first kappa shape index (κ1) is 19.2. The van der Waals surface area contributed by atoms with Crippen LogP contribution >= 0.6 is 0 Å². The highest BCUT2D eigenvalue weighted by molar-refractivity contribution is 7.94. The van der Waals surface area contributed by atoms with Crippen LogP contribution in [-0.4, -0.2) is 37.4 Å². The van der Waals surface area contributed by atoms with Crippen molar-refractivity contribution in [3.63, 3.8) is 0 Å². The van der Waals surface area contributed by atoms with Gasteiger partial charge in [-0.05, 0) is 23.8 Å². The van der Waals surface area contributed by atoms with Crippen molar-refractivity contribution in [1.29, 1.82) is 10.9 Å². The molecule has 2 aliphatic carbocycles. The van der Waals surface area contributed by atoms with Gasteiger partial charge in [0.25, 0.3) is 25.6 Å². The Morgan fingerprint density at radius 3 is 1.96 bits per heavy atom. The molecule has 0 bridgehead atoms. The predicted octanol–water partition coefficient (Wildman–Crippen LogP) is 1.56. The van der Waals surface area contributed by atoms with E-state index in [0.717, 1.165) is 12.2 Å². The summed E-state index contributed by atoms with van der Waals surface area (Å²) in [6.45, 7) is 0. The molecule has 0 radical (unpaired) electrons. The fourth-order valence-electron chi connectivity index (χ4n) is 2.18. The van der Waals surface area contributed by atoms with Gasteiger partial charge in [0.05, 0.1) is 5.71 Å². The van der Waals surface area contributed by atoms with Crippen LogP contribution in [0.2, 0.25) is 0 Å². The average molecular weight is 397 g/mol. The minimum atomic E-state index is -5.18. The van der Waals surface area contributed by atoms with Gasteiger partial charge in [0.1, 0.15) is 9.81 Å². The summed E-state index contributed by atoms with van der Waals surface area (Å²) in [5.74, 6) is 0. The molecule has 0 spiro atoms. The van der Waals surface area contributed by atoms with Crippen LogP contribution in [0.5, 0.6) is 0 Å². The maximum Gasteiger partial charge on any atom is 0.339 e. The van der Waals surface area contributed by atoms with E-state index in [4.69, 9.17) is 10.9 Å². The van der Waals surface area contributed by atoms with E-state index in [2.05, 4.69) is 20.5 Å². The maximum atomic E-state index is 11.8. The van der Waals surface area contributed by atoms with E-state index in [0.29, 0.717) is 0 Å². The molecule has 0 unspecified atom stereocenters. The van der Waals surface area contributed by atoms with Crippen molar-refractivity contribution in [1.82, 2.24) is 0 Å². The standard InChI is InChI=1S/C12H8N6O6S2/c13-17-15-8-3-1-7(2-4-8)9-5-6-10(16-18-14)12(26(22,23)24)11(9)25(19,20)21/h1-6,13H,(H-,19,20,21,22,23,24)/p+1. The summed E-state index contributed by atoms with van der Waals surface area (Å²) in [5, 5.41) is 20.2. The van der Waals surface area contributed by atoms with Gasteiger partial charge in [-0.1, -0.05) is 23.5 Å². The molecule has 134 valence electrons. The summed E-state index contributed by atoms with van der Waals surface area (Å²) in [5.41, 5.74) is 6.07. The molecule has 14 heteroatoms. The van der Waals surface area contributed by atoms with Gasteiger partial charge in [0.15, 0.2) is 10.8 Å². The highest BCUT2D eigenvalue weighted by Crippen LogP contribution is 2.33. The van der Waals surface area contributed by atoms with Crippen molar-refractivity contribution in [3.8, 4) is 0 Å². The molecule has 0 fully saturated rings. The van der Waals surface area contributed by atoms with E-state index in [1.807, 2.05) is 0 Å². The Morgan fingerprint density at radius 2 is 1.50 bits per heavy atom. The van der Waals surface area contributed by atoms with Crippen molar-refractivity contribution < 1.29 is 25.9 Å². The number of allylic oxidation sites excluding steroid dienone is 9. The summed E-state index contributed by atoms with van der Waals surface area (Å²) < 4.78 is 65.9. The number of nitrogens with zero attached hydrogens (tertiary/aromatic N) is 5. The Morgan fingerprint density at radius 1 is 0.923 bits per heavy atom. The number of hydrogen-bond acceptors (Lipinski definition) is 8. The summed E-state index contributed by atoms with van der Waals surface area (Å²) in [6.07, 6.45) is 7.45. The highest BCUT2D eigenvalue weighted by atomic mass is 32.2. The van der Waals surface area contributed by atoms with Gasteiger partial charge in [0, 0.05) is 5.57 Å².